The van der Waals surface area contributed by atoms with E-state index in [2.05, 4.69) is 15.3 Å². The van der Waals surface area contributed by atoms with Crippen LogP contribution in [0.5, 0.6) is 0 Å². The van der Waals surface area contributed by atoms with Crippen molar-refractivity contribution in [2.24, 2.45) is 0 Å². The van der Waals surface area contributed by atoms with E-state index in [0.29, 0.717) is 0 Å². The molecule has 0 bridgehead atoms. The fraction of sp³-hybridized carbons (Fsp3) is 0.333. The van der Waals surface area contributed by atoms with Crippen molar-refractivity contribution in [2.75, 3.05) is 6.54 Å². The molecule has 0 aliphatic carbocycles. The maximum Gasteiger partial charge on any atom is 0.152 e. The molecular formula is C12H15N3O. The predicted molar refractivity (Wildman–Crippen MR) is 61.0 cm³/mol. The Morgan fingerprint density at radius 3 is 2.69 bits per heavy atom. The molecular weight excluding hydrogens is 202 g/mol. The Morgan fingerprint density at radius 2 is 2.12 bits per heavy atom. The van der Waals surface area contributed by atoms with Gasteiger partial charge >= 0.3 is 0 Å². The smallest absolute Gasteiger partial charge is 0.152 e. The summed E-state index contributed by atoms with van der Waals surface area (Å²) in [5, 5.41) is 3.30. The minimum absolute atomic E-state index is 0.0689. The highest BCUT2D eigenvalue weighted by molar-refractivity contribution is 5.15. The van der Waals surface area contributed by atoms with Crippen LogP contribution in [0.2, 0.25) is 0 Å². The molecule has 4 heteroatoms. The Morgan fingerprint density at radius 1 is 1.38 bits per heavy atom. The minimum Gasteiger partial charge on any atom is -0.467 e. The lowest BCUT2D eigenvalue weighted by Gasteiger charge is -2.13. The summed E-state index contributed by atoms with van der Waals surface area (Å²) in [4.78, 5) is 8.64. The third-order valence-electron chi connectivity index (χ3n) is 2.30. The standard InChI is InChI=1S/C12H15N3O/c1-3-13-11(10-5-4-6-16-10)12-14-7-9(2)8-15-12/h4-8,11,13H,3H2,1-2H3. The van der Waals surface area contributed by atoms with Crippen molar-refractivity contribution in [1.82, 2.24) is 15.3 Å². The highest BCUT2D eigenvalue weighted by Crippen LogP contribution is 2.18. The first-order chi connectivity index (χ1) is 7.81. The molecule has 2 aromatic heterocycles. The largest absolute Gasteiger partial charge is 0.467 e. The third-order valence-corrected chi connectivity index (χ3v) is 2.30. The molecule has 84 valence electrons. The van der Waals surface area contributed by atoms with Crippen LogP contribution in [0.1, 0.15) is 30.1 Å². The molecule has 1 atom stereocenters. The van der Waals surface area contributed by atoms with Gasteiger partial charge in [-0.2, -0.15) is 0 Å². The molecule has 0 spiro atoms. The van der Waals surface area contributed by atoms with Gasteiger partial charge in [-0.25, -0.2) is 9.97 Å². The average molecular weight is 217 g/mol. The number of nitrogens with zero attached hydrogens (tertiary/aromatic N) is 2. The second-order valence-corrected chi connectivity index (χ2v) is 3.62. The molecule has 16 heavy (non-hydrogen) atoms. The molecule has 2 aromatic rings. The predicted octanol–water partition coefficient (Wildman–Crippen LogP) is 2.08. The molecule has 0 fully saturated rings. The molecule has 0 saturated carbocycles. The van der Waals surface area contributed by atoms with Crippen molar-refractivity contribution in [3.63, 3.8) is 0 Å². The molecule has 0 aliphatic rings. The number of rotatable bonds is 4. The van der Waals surface area contributed by atoms with E-state index in [0.717, 1.165) is 23.7 Å². The highest BCUT2D eigenvalue weighted by Gasteiger charge is 2.17. The lowest BCUT2D eigenvalue weighted by molar-refractivity contribution is 0.441. The zero-order chi connectivity index (χ0) is 11.4. The third kappa shape index (κ3) is 2.28. The van der Waals surface area contributed by atoms with Gasteiger partial charge in [-0.15, -0.1) is 0 Å². The van der Waals surface area contributed by atoms with Crippen LogP contribution >= 0.6 is 0 Å². The molecule has 0 amide bonds. The zero-order valence-electron chi connectivity index (χ0n) is 9.47. The van der Waals surface area contributed by atoms with Crippen LogP contribution < -0.4 is 5.32 Å². The zero-order valence-corrected chi connectivity index (χ0v) is 9.47. The van der Waals surface area contributed by atoms with Gasteiger partial charge in [0.05, 0.1) is 6.26 Å². The summed E-state index contributed by atoms with van der Waals surface area (Å²) >= 11 is 0. The first-order valence-corrected chi connectivity index (χ1v) is 5.36. The molecule has 1 unspecified atom stereocenters. The summed E-state index contributed by atoms with van der Waals surface area (Å²) in [6, 6.07) is 3.73. The van der Waals surface area contributed by atoms with Gasteiger partial charge in [-0.05, 0) is 31.2 Å². The molecule has 1 N–H and O–H groups in total. The summed E-state index contributed by atoms with van der Waals surface area (Å²) in [5.74, 6) is 1.58. The Kier molecular flexibility index (Phi) is 3.31. The summed E-state index contributed by atoms with van der Waals surface area (Å²) in [7, 11) is 0. The van der Waals surface area contributed by atoms with Gasteiger partial charge in [0, 0.05) is 12.4 Å². The van der Waals surface area contributed by atoms with Crippen LogP contribution in [0.15, 0.2) is 35.2 Å². The number of hydrogen-bond acceptors (Lipinski definition) is 4. The molecule has 0 aromatic carbocycles. The number of nitrogens with one attached hydrogen (secondary N) is 1. The lowest BCUT2D eigenvalue weighted by atomic mass is 10.2. The quantitative estimate of drug-likeness (QED) is 0.851. The van der Waals surface area contributed by atoms with Crippen molar-refractivity contribution < 1.29 is 4.42 Å². The number of aryl methyl sites for hydroxylation is 1. The number of furan rings is 1. The highest BCUT2D eigenvalue weighted by atomic mass is 16.3. The van der Waals surface area contributed by atoms with E-state index in [9.17, 15) is 0 Å². The van der Waals surface area contributed by atoms with E-state index < -0.39 is 0 Å². The molecule has 0 aliphatic heterocycles. The van der Waals surface area contributed by atoms with Crippen LogP contribution in [0.4, 0.5) is 0 Å². The van der Waals surface area contributed by atoms with E-state index in [1.807, 2.05) is 38.4 Å². The SMILES string of the molecule is CCNC(c1ncc(C)cn1)c1ccco1. The van der Waals surface area contributed by atoms with Crippen molar-refractivity contribution in [3.05, 3.63) is 47.9 Å². The topological polar surface area (TPSA) is 51.0 Å². The summed E-state index contributed by atoms with van der Waals surface area (Å²) < 4.78 is 5.39. The fourth-order valence-electron chi connectivity index (χ4n) is 1.53. The molecule has 0 radical (unpaired) electrons. The van der Waals surface area contributed by atoms with Gasteiger partial charge in [0.15, 0.2) is 5.82 Å². The van der Waals surface area contributed by atoms with Crippen molar-refractivity contribution >= 4 is 0 Å². The molecule has 4 nitrogen and oxygen atoms in total. The van der Waals surface area contributed by atoms with Gasteiger partial charge in [0.2, 0.25) is 0 Å². The number of hydrogen-bond donors (Lipinski definition) is 1. The summed E-state index contributed by atoms with van der Waals surface area (Å²) in [6.07, 6.45) is 5.29. The van der Waals surface area contributed by atoms with Crippen molar-refractivity contribution in [2.45, 2.75) is 19.9 Å². The summed E-state index contributed by atoms with van der Waals surface area (Å²) in [5.41, 5.74) is 1.05. The second kappa shape index (κ2) is 4.90. The van der Waals surface area contributed by atoms with E-state index in [4.69, 9.17) is 4.42 Å². The van der Waals surface area contributed by atoms with Crippen LogP contribution in [-0.4, -0.2) is 16.5 Å². The monoisotopic (exact) mass is 217 g/mol. The van der Waals surface area contributed by atoms with E-state index in [-0.39, 0.29) is 6.04 Å². The van der Waals surface area contributed by atoms with Gasteiger partial charge in [-0.1, -0.05) is 6.92 Å². The fourth-order valence-corrected chi connectivity index (χ4v) is 1.53. The lowest BCUT2D eigenvalue weighted by Crippen LogP contribution is -2.23. The van der Waals surface area contributed by atoms with Crippen LogP contribution in [0.3, 0.4) is 0 Å². The van der Waals surface area contributed by atoms with Crippen molar-refractivity contribution in [3.8, 4) is 0 Å². The molecule has 2 rings (SSSR count). The van der Waals surface area contributed by atoms with Crippen LogP contribution in [0, 0.1) is 6.92 Å². The molecule has 2 heterocycles. The minimum atomic E-state index is -0.0689. The molecule has 0 saturated heterocycles. The Bertz CT molecular complexity index is 422. The second-order valence-electron chi connectivity index (χ2n) is 3.62. The van der Waals surface area contributed by atoms with Gasteiger partial charge in [0.25, 0.3) is 0 Å². The number of aromatic nitrogens is 2. The maximum atomic E-state index is 5.39. The van der Waals surface area contributed by atoms with E-state index in [1.165, 1.54) is 0 Å². The maximum absolute atomic E-state index is 5.39. The summed E-state index contributed by atoms with van der Waals surface area (Å²) in [6.45, 7) is 4.85. The van der Waals surface area contributed by atoms with Crippen LogP contribution in [0.25, 0.3) is 0 Å². The van der Waals surface area contributed by atoms with E-state index in [1.54, 1.807) is 6.26 Å². The first-order valence-electron chi connectivity index (χ1n) is 5.36. The Hall–Kier alpha value is -1.68. The van der Waals surface area contributed by atoms with Gasteiger partial charge < -0.3 is 9.73 Å². The van der Waals surface area contributed by atoms with E-state index >= 15 is 0 Å². The van der Waals surface area contributed by atoms with Crippen LogP contribution in [-0.2, 0) is 0 Å². The van der Waals surface area contributed by atoms with Gasteiger partial charge in [0.1, 0.15) is 11.8 Å². The van der Waals surface area contributed by atoms with Crippen molar-refractivity contribution in [1.29, 1.82) is 0 Å². The average Bonchev–Trinajstić information content (AvgIpc) is 2.81. The van der Waals surface area contributed by atoms with Gasteiger partial charge in [-0.3, -0.25) is 0 Å². The first kappa shape index (κ1) is 10.8. The normalized spacial score (nSPS) is 12.6. The Balaban J connectivity index is 2.29. The Labute approximate surface area is 94.7 Å².